The van der Waals surface area contributed by atoms with Crippen molar-refractivity contribution in [2.24, 2.45) is 5.73 Å². The van der Waals surface area contributed by atoms with Crippen LogP contribution < -0.4 is 11.1 Å². The minimum Gasteiger partial charge on any atom is -0.350 e. The fourth-order valence-corrected chi connectivity index (χ4v) is 2.03. The number of halogens is 1. The molecule has 0 aliphatic rings. The lowest BCUT2D eigenvalue weighted by atomic mass is 10.1. The third-order valence-electron chi connectivity index (χ3n) is 2.10. The Kier molecular flexibility index (Phi) is 11.8. The molecule has 1 amide bonds. The van der Waals surface area contributed by atoms with Gasteiger partial charge >= 0.3 is 0 Å². The summed E-state index contributed by atoms with van der Waals surface area (Å²) in [7, 11) is 0. The van der Waals surface area contributed by atoms with Crippen molar-refractivity contribution in [3.63, 3.8) is 0 Å². The number of nitrogens with one attached hydrogen (secondary N) is 1. The molecule has 0 heterocycles. The molecule has 0 aromatic rings. The van der Waals surface area contributed by atoms with Gasteiger partial charge in [0.25, 0.3) is 0 Å². The van der Waals surface area contributed by atoms with E-state index in [2.05, 4.69) is 12.2 Å². The highest BCUT2D eigenvalue weighted by atomic mass is 35.5. The summed E-state index contributed by atoms with van der Waals surface area (Å²) in [5.41, 5.74) is 5.26. The first-order valence-electron chi connectivity index (χ1n) is 5.60. The second-order valence-electron chi connectivity index (χ2n) is 4.35. The molecule has 3 nitrogen and oxygen atoms in total. The first-order chi connectivity index (χ1) is 7.02. The molecule has 3 N–H and O–H groups in total. The van der Waals surface area contributed by atoms with E-state index < -0.39 is 0 Å². The number of carbonyl (C=O) groups excluding carboxylic acids is 1. The number of hydrogen-bond acceptors (Lipinski definition) is 3. The molecule has 16 heavy (non-hydrogen) atoms. The first kappa shape index (κ1) is 18.4. The molecule has 98 valence electrons. The van der Waals surface area contributed by atoms with Crippen LogP contribution in [0.15, 0.2) is 0 Å². The highest BCUT2D eigenvalue weighted by Gasteiger charge is 2.17. The first-order valence-corrected chi connectivity index (χ1v) is 6.76. The Labute approximate surface area is 110 Å². The molecule has 0 aliphatic carbocycles. The van der Waals surface area contributed by atoms with Gasteiger partial charge in [0.2, 0.25) is 5.91 Å². The quantitative estimate of drug-likeness (QED) is 0.664. The third kappa shape index (κ3) is 10.6. The molecular formula is C11H25ClN2OS. The summed E-state index contributed by atoms with van der Waals surface area (Å²) in [6.07, 6.45) is 3.05. The zero-order valence-corrected chi connectivity index (χ0v) is 12.2. The van der Waals surface area contributed by atoms with E-state index in [1.54, 1.807) is 0 Å². The maximum Gasteiger partial charge on any atom is 0.221 e. The summed E-state index contributed by atoms with van der Waals surface area (Å²) in [5.74, 6) is 2.17. The monoisotopic (exact) mass is 268 g/mol. The number of thioether (sulfide) groups is 1. The van der Waals surface area contributed by atoms with Gasteiger partial charge in [0.1, 0.15) is 0 Å². The second-order valence-corrected chi connectivity index (χ2v) is 5.58. The standard InChI is InChI=1S/C11H24N2OS.ClH/c1-4-5-7-15-8-6-10(14)13-11(2,3)9-12;/h4-9,12H2,1-3H3,(H,13,14);1H. The van der Waals surface area contributed by atoms with Crippen molar-refractivity contribution in [2.45, 2.75) is 45.6 Å². The van der Waals surface area contributed by atoms with Crippen molar-refractivity contribution in [1.29, 1.82) is 0 Å². The van der Waals surface area contributed by atoms with E-state index in [4.69, 9.17) is 5.73 Å². The molecule has 0 saturated heterocycles. The number of carbonyl (C=O) groups is 1. The van der Waals surface area contributed by atoms with Gasteiger partial charge in [-0.05, 0) is 26.0 Å². The molecule has 0 aliphatic heterocycles. The summed E-state index contributed by atoms with van der Waals surface area (Å²) in [6.45, 7) is 6.53. The van der Waals surface area contributed by atoms with Crippen molar-refractivity contribution in [3.8, 4) is 0 Å². The zero-order valence-electron chi connectivity index (χ0n) is 10.5. The lowest BCUT2D eigenvalue weighted by Crippen LogP contribution is -2.48. The maximum atomic E-state index is 11.5. The summed E-state index contributed by atoms with van der Waals surface area (Å²) < 4.78 is 0. The van der Waals surface area contributed by atoms with Gasteiger partial charge in [0.05, 0.1) is 0 Å². The molecule has 0 atom stereocenters. The topological polar surface area (TPSA) is 55.1 Å². The fraction of sp³-hybridized carbons (Fsp3) is 0.909. The smallest absolute Gasteiger partial charge is 0.221 e. The number of hydrogen-bond donors (Lipinski definition) is 2. The Morgan fingerprint density at radius 3 is 2.50 bits per heavy atom. The van der Waals surface area contributed by atoms with Crippen LogP contribution in [0, 0.1) is 0 Å². The number of nitrogens with two attached hydrogens (primary N) is 1. The van der Waals surface area contributed by atoms with Crippen LogP contribution in [0.4, 0.5) is 0 Å². The molecule has 0 saturated carbocycles. The largest absolute Gasteiger partial charge is 0.350 e. The molecule has 0 bridgehead atoms. The van der Waals surface area contributed by atoms with Gasteiger partial charge in [0, 0.05) is 24.3 Å². The average molecular weight is 269 g/mol. The maximum absolute atomic E-state index is 11.5. The summed E-state index contributed by atoms with van der Waals surface area (Å²) >= 11 is 1.85. The summed E-state index contributed by atoms with van der Waals surface area (Å²) in [4.78, 5) is 11.5. The van der Waals surface area contributed by atoms with Gasteiger partial charge in [-0.1, -0.05) is 13.3 Å². The highest BCUT2D eigenvalue weighted by molar-refractivity contribution is 7.99. The molecule has 0 unspecified atom stereocenters. The van der Waals surface area contributed by atoms with E-state index in [-0.39, 0.29) is 23.9 Å². The van der Waals surface area contributed by atoms with Gasteiger partial charge in [-0.3, -0.25) is 4.79 Å². The molecular weight excluding hydrogens is 244 g/mol. The second kappa shape index (κ2) is 10.2. The molecule has 0 radical (unpaired) electrons. The van der Waals surface area contributed by atoms with Crippen molar-refractivity contribution < 1.29 is 4.79 Å². The van der Waals surface area contributed by atoms with E-state index in [0.29, 0.717) is 13.0 Å². The van der Waals surface area contributed by atoms with Gasteiger partial charge in [-0.2, -0.15) is 11.8 Å². The number of rotatable bonds is 8. The Balaban J connectivity index is 0. The van der Waals surface area contributed by atoms with E-state index in [9.17, 15) is 4.79 Å². The minimum absolute atomic E-state index is 0. The lowest BCUT2D eigenvalue weighted by molar-refractivity contribution is -0.122. The van der Waals surface area contributed by atoms with Crippen LogP contribution in [0.1, 0.15) is 40.0 Å². The SMILES string of the molecule is CCCCSCCC(=O)NC(C)(C)CN.Cl. The van der Waals surface area contributed by atoms with Gasteiger partial charge in [-0.15, -0.1) is 12.4 Å². The van der Waals surface area contributed by atoms with E-state index in [1.165, 1.54) is 12.8 Å². The van der Waals surface area contributed by atoms with Gasteiger partial charge in [0.15, 0.2) is 0 Å². The van der Waals surface area contributed by atoms with Gasteiger partial charge in [-0.25, -0.2) is 0 Å². The Bertz CT molecular complexity index is 189. The lowest BCUT2D eigenvalue weighted by Gasteiger charge is -2.24. The van der Waals surface area contributed by atoms with Crippen LogP contribution in [0.25, 0.3) is 0 Å². The number of amides is 1. The van der Waals surface area contributed by atoms with Crippen molar-refractivity contribution in [1.82, 2.24) is 5.32 Å². The third-order valence-corrected chi connectivity index (χ3v) is 3.17. The van der Waals surface area contributed by atoms with Crippen LogP contribution >= 0.6 is 24.2 Å². The Morgan fingerprint density at radius 1 is 1.38 bits per heavy atom. The van der Waals surface area contributed by atoms with Crippen molar-refractivity contribution in [2.75, 3.05) is 18.1 Å². The normalized spacial score (nSPS) is 10.8. The zero-order chi connectivity index (χ0) is 11.7. The van der Waals surface area contributed by atoms with E-state index in [1.807, 2.05) is 25.6 Å². The van der Waals surface area contributed by atoms with Crippen LogP contribution in [0.2, 0.25) is 0 Å². The predicted molar refractivity (Wildman–Crippen MR) is 75.4 cm³/mol. The highest BCUT2D eigenvalue weighted by Crippen LogP contribution is 2.07. The van der Waals surface area contributed by atoms with Crippen molar-refractivity contribution in [3.05, 3.63) is 0 Å². The van der Waals surface area contributed by atoms with Crippen LogP contribution in [0.3, 0.4) is 0 Å². The fourth-order valence-electron chi connectivity index (χ4n) is 1.00. The molecule has 0 rings (SSSR count). The number of unbranched alkanes of at least 4 members (excludes halogenated alkanes) is 1. The van der Waals surface area contributed by atoms with E-state index >= 15 is 0 Å². The van der Waals surface area contributed by atoms with Crippen LogP contribution in [-0.2, 0) is 4.79 Å². The van der Waals surface area contributed by atoms with Crippen LogP contribution in [-0.4, -0.2) is 29.5 Å². The molecule has 5 heteroatoms. The molecule has 0 aromatic heterocycles. The van der Waals surface area contributed by atoms with Gasteiger partial charge < -0.3 is 11.1 Å². The Morgan fingerprint density at radius 2 is 2.00 bits per heavy atom. The summed E-state index contributed by atoms with van der Waals surface area (Å²) in [5, 5.41) is 2.92. The minimum atomic E-state index is -0.273. The van der Waals surface area contributed by atoms with Crippen LogP contribution in [0.5, 0.6) is 0 Å². The average Bonchev–Trinajstić information content (AvgIpc) is 2.17. The van der Waals surface area contributed by atoms with Crippen molar-refractivity contribution >= 4 is 30.1 Å². The predicted octanol–water partition coefficient (Wildman–Crippen LogP) is 2.19. The summed E-state index contributed by atoms with van der Waals surface area (Å²) in [6, 6.07) is 0. The molecule has 0 aromatic carbocycles. The Hall–Kier alpha value is 0.0700. The van der Waals surface area contributed by atoms with E-state index in [0.717, 1.165) is 11.5 Å². The molecule has 0 spiro atoms. The molecule has 0 fully saturated rings.